The monoisotopic (exact) mass is 788 g/mol. The molecule has 0 saturated heterocycles. The lowest BCUT2D eigenvalue weighted by atomic mass is 10.0. The molecule has 0 aromatic carbocycles. The van der Waals surface area contributed by atoms with E-state index in [9.17, 15) is 15.0 Å². The van der Waals surface area contributed by atoms with Crippen molar-refractivity contribution in [1.82, 2.24) is 5.32 Å². The van der Waals surface area contributed by atoms with E-state index in [-0.39, 0.29) is 12.5 Å². The number of allylic oxidation sites excluding steroid dienone is 3. The van der Waals surface area contributed by atoms with Gasteiger partial charge in [0.25, 0.3) is 0 Å². The van der Waals surface area contributed by atoms with Crippen LogP contribution in [0.25, 0.3) is 0 Å². The minimum atomic E-state index is -0.841. The molecule has 0 aliphatic carbocycles. The Morgan fingerprint density at radius 2 is 0.679 bits per heavy atom. The zero-order valence-electron chi connectivity index (χ0n) is 38.2. The van der Waals surface area contributed by atoms with Gasteiger partial charge in [-0.1, -0.05) is 256 Å². The highest BCUT2D eigenvalue weighted by Gasteiger charge is 2.18. The van der Waals surface area contributed by atoms with Crippen LogP contribution in [-0.4, -0.2) is 34.9 Å². The Morgan fingerprint density at radius 1 is 0.411 bits per heavy atom. The van der Waals surface area contributed by atoms with E-state index in [0.29, 0.717) is 6.42 Å². The maximum absolute atomic E-state index is 12.4. The summed E-state index contributed by atoms with van der Waals surface area (Å²) in [7, 11) is 0. The fourth-order valence-electron chi connectivity index (χ4n) is 8.00. The molecule has 0 aromatic rings. The fraction of sp³-hybridized carbons (Fsp3) is 0.904. The lowest BCUT2D eigenvalue weighted by molar-refractivity contribution is -0.123. The van der Waals surface area contributed by atoms with Gasteiger partial charge in [-0.05, 0) is 44.9 Å². The maximum Gasteiger partial charge on any atom is 0.220 e. The van der Waals surface area contributed by atoms with E-state index >= 15 is 0 Å². The summed E-state index contributed by atoms with van der Waals surface area (Å²) in [6.07, 6.45) is 63.2. The van der Waals surface area contributed by atoms with Crippen molar-refractivity contribution in [3.05, 3.63) is 24.3 Å². The quantitative estimate of drug-likeness (QED) is 0.0425. The molecule has 1 amide bonds. The lowest BCUT2D eigenvalue weighted by Crippen LogP contribution is -2.45. The highest BCUT2D eigenvalue weighted by molar-refractivity contribution is 5.76. The summed E-state index contributed by atoms with van der Waals surface area (Å²) < 4.78 is 0. The molecule has 0 spiro atoms. The Hall–Kier alpha value is -1.13. The molecule has 332 valence electrons. The minimum Gasteiger partial charge on any atom is -0.394 e. The third kappa shape index (κ3) is 44.0. The Morgan fingerprint density at radius 3 is 0.982 bits per heavy atom. The van der Waals surface area contributed by atoms with Crippen molar-refractivity contribution in [2.75, 3.05) is 6.61 Å². The van der Waals surface area contributed by atoms with Crippen LogP contribution >= 0.6 is 0 Å². The average Bonchev–Trinajstić information content (AvgIpc) is 3.20. The Bertz CT molecular complexity index is 810. The molecule has 0 saturated carbocycles. The summed E-state index contributed by atoms with van der Waals surface area (Å²) in [5.41, 5.74) is 0. The van der Waals surface area contributed by atoms with Gasteiger partial charge in [0, 0.05) is 6.42 Å². The molecule has 0 fully saturated rings. The Kier molecular flexibility index (Phi) is 47.3. The molecule has 3 N–H and O–H groups in total. The van der Waals surface area contributed by atoms with E-state index < -0.39 is 12.1 Å². The second-order valence-electron chi connectivity index (χ2n) is 17.6. The van der Waals surface area contributed by atoms with Crippen LogP contribution in [0.15, 0.2) is 24.3 Å². The zero-order chi connectivity index (χ0) is 40.7. The first-order valence-corrected chi connectivity index (χ1v) is 25.6. The number of carbonyl (C=O) groups excluding carboxylic acids is 1. The summed E-state index contributed by atoms with van der Waals surface area (Å²) in [5.74, 6) is -0.0697. The van der Waals surface area contributed by atoms with Gasteiger partial charge in [0.05, 0.1) is 18.8 Å². The van der Waals surface area contributed by atoms with Crippen molar-refractivity contribution in [3.63, 3.8) is 0 Å². The van der Waals surface area contributed by atoms with Crippen LogP contribution < -0.4 is 5.32 Å². The third-order valence-corrected chi connectivity index (χ3v) is 11.9. The van der Waals surface area contributed by atoms with Gasteiger partial charge in [0.1, 0.15) is 0 Å². The highest BCUT2D eigenvalue weighted by Crippen LogP contribution is 2.17. The molecule has 56 heavy (non-hydrogen) atoms. The molecule has 2 atom stereocenters. The van der Waals surface area contributed by atoms with E-state index in [1.807, 2.05) is 6.08 Å². The molecule has 0 radical (unpaired) electrons. The van der Waals surface area contributed by atoms with Gasteiger partial charge in [0.2, 0.25) is 5.91 Å². The highest BCUT2D eigenvalue weighted by atomic mass is 16.3. The van der Waals surface area contributed by atoms with Crippen molar-refractivity contribution in [2.45, 2.75) is 296 Å². The molecule has 0 aliphatic rings. The number of hydrogen-bond donors (Lipinski definition) is 3. The SMILES string of the molecule is CCCCCCCC/C=C\CCCCCCCC(=O)NC(CO)C(O)/C=C/CCCCCCCCCCCCCCCCCCCCCCCCCCCCC. The molecule has 0 aromatic heterocycles. The van der Waals surface area contributed by atoms with Crippen molar-refractivity contribution >= 4 is 5.91 Å². The number of unbranched alkanes of at least 4 members (excludes halogenated alkanes) is 38. The molecular formula is C52H101NO3. The molecular weight excluding hydrogens is 687 g/mol. The number of amides is 1. The van der Waals surface area contributed by atoms with Crippen molar-refractivity contribution in [1.29, 1.82) is 0 Å². The van der Waals surface area contributed by atoms with Gasteiger partial charge in [-0.3, -0.25) is 4.79 Å². The summed E-state index contributed by atoms with van der Waals surface area (Å²) in [5, 5.41) is 23.1. The molecule has 0 heterocycles. The standard InChI is InChI=1S/C52H101NO3/c1-3-5-7-9-11-13-15-17-19-20-21-22-23-24-25-26-27-28-29-30-31-32-34-35-37-39-41-43-45-47-51(55)50(49-54)53-52(56)48-46-44-42-40-38-36-33-18-16-14-12-10-8-6-4-2/h18,33,45,47,50-51,54-55H,3-17,19-32,34-44,46,48-49H2,1-2H3,(H,53,56)/b33-18-,47-45+. The Balaban J connectivity index is 3.46. The first-order valence-electron chi connectivity index (χ1n) is 25.6. The smallest absolute Gasteiger partial charge is 0.220 e. The third-order valence-electron chi connectivity index (χ3n) is 11.9. The van der Waals surface area contributed by atoms with Crippen LogP contribution in [0.3, 0.4) is 0 Å². The van der Waals surface area contributed by atoms with Crippen molar-refractivity contribution in [2.24, 2.45) is 0 Å². The van der Waals surface area contributed by atoms with Crippen LogP contribution in [0.4, 0.5) is 0 Å². The van der Waals surface area contributed by atoms with Crippen molar-refractivity contribution < 1.29 is 15.0 Å². The zero-order valence-corrected chi connectivity index (χ0v) is 38.2. The molecule has 0 bridgehead atoms. The number of carbonyl (C=O) groups is 1. The van der Waals surface area contributed by atoms with E-state index in [2.05, 4.69) is 31.3 Å². The molecule has 4 nitrogen and oxygen atoms in total. The number of hydrogen-bond acceptors (Lipinski definition) is 3. The van der Waals surface area contributed by atoms with Gasteiger partial charge in [0.15, 0.2) is 0 Å². The summed E-state index contributed by atoms with van der Waals surface area (Å²) in [4.78, 5) is 12.4. The van der Waals surface area contributed by atoms with Gasteiger partial charge in [-0.15, -0.1) is 0 Å². The van der Waals surface area contributed by atoms with Crippen LogP contribution in [0.1, 0.15) is 284 Å². The van der Waals surface area contributed by atoms with Gasteiger partial charge in [-0.2, -0.15) is 0 Å². The van der Waals surface area contributed by atoms with Crippen molar-refractivity contribution in [3.8, 4) is 0 Å². The predicted octanol–water partition coefficient (Wildman–Crippen LogP) is 16.4. The summed E-state index contributed by atoms with van der Waals surface area (Å²) in [6, 6.07) is -0.624. The molecule has 4 heteroatoms. The summed E-state index contributed by atoms with van der Waals surface area (Å²) in [6.45, 7) is 4.32. The fourth-order valence-corrected chi connectivity index (χ4v) is 8.00. The number of aliphatic hydroxyl groups excluding tert-OH is 2. The van der Waals surface area contributed by atoms with E-state index in [4.69, 9.17) is 0 Å². The van der Waals surface area contributed by atoms with Gasteiger partial charge < -0.3 is 15.5 Å². The van der Waals surface area contributed by atoms with Crippen LogP contribution in [0.5, 0.6) is 0 Å². The Labute approximate surface area is 351 Å². The van der Waals surface area contributed by atoms with Gasteiger partial charge in [-0.25, -0.2) is 0 Å². The average molecular weight is 788 g/mol. The number of aliphatic hydroxyl groups is 2. The number of nitrogens with one attached hydrogen (secondary N) is 1. The van der Waals surface area contributed by atoms with E-state index in [1.54, 1.807) is 6.08 Å². The first kappa shape index (κ1) is 54.9. The maximum atomic E-state index is 12.4. The first-order chi connectivity index (χ1) is 27.7. The molecule has 2 unspecified atom stereocenters. The van der Waals surface area contributed by atoms with E-state index in [1.165, 1.54) is 231 Å². The van der Waals surface area contributed by atoms with Crippen LogP contribution in [0.2, 0.25) is 0 Å². The molecule has 0 aliphatic heterocycles. The normalized spacial score (nSPS) is 13.0. The minimum absolute atomic E-state index is 0.0697. The summed E-state index contributed by atoms with van der Waals surface area (Å²) >= 11 is 0. The van der Waals surface area contributed by atoms with E-state index in [0.717, 1.165) is 32.1 Å². The predicted molar refractivity (Wildman–Crippen MR) is 249 cm³/mol. The second kappa shape index (κ2) is 48.2. The van der Waals surface area contributed by atoms with Gasteiger partial charge >= 0.3 is 0 Å². The topological polar surface area (TPSA) is 69.6 Å². The second-order valence-corrected chi connectivity index (χ2v) is 17.6. The largest absolute Gasteiger partial charge is 0.394 e. The lowest BCUT2D eigenvalue weighted by Gasteiger charge is -2.20. The molecule has 0 rings (SSSR count). The number of rotatable bonds is 47. The van der Waals surface area contributed by atoms with Crippen LogP contribution in [-0.2, 0) is 4.79 Å². The van der Waals surface area contributed by atoms with Crippen LogP contribution in [0, 0.1) is 0 Å².